The van der Waals surface area contributed by atoms with E-state index in [-0.39, 0.29) is 23.6 Å². The molecule has 0 radical (unpaired) electrons. The highest BCUT2D eigenvalue weighted by atomic mass is 19.1. The van der Waals surface area contributed by atoms with Crippen LogP contribution in [0, 0.1) is 12.7 Å². The van der Waals surface area contributed by atoms with Gasteiger partial charge in [-0.25, -0.2) is 4.39 Å². The van der Waals surface area contributed by atoms with E-state index < -0.39 is 5.82 Å². The largest absolute Gasteiger partial charge is 0.334 e. The molecule has 2 N–H and O–H groups in total. The minimum absolute atomic E-state index is 0.0157. The Morgan fingerprint density at radius 3 is 2.84 bits per heavy atom. The Morgan fingerprint density at radius 1 is 1.47 bits per heavy atom. The van der Waals surface area contributed by atoms with Crippen LogP contribution >= 0.6 is 0 Å². The van der Waals surface area contributed by atoms with E-state index in [4.69, 9.17) is 5.73 Å². The standard InChI is InChI=1S/C15H21FN2O/c1-10-6-7-12(13(16)9-10)15(19)18-8-4-3-5-14(18)11(2)17/h6-7,9,11,14H,3-5,8,17H2,1-2H3/t11-,14-/m0/s1. The second kappa shape index (κ2) is 5.70. The summed E-state index contributed by atoms with van der Waals surface area (Å²) in [6.07, 6.45) is 2.94. The summed E-state index contributed by atoms with van der Waals surface area (Å²) in [5, 5.41) is 0. The molecule has 0 aliphatic carbocycles. The van der Waals surface area contributed by atoms with Gasteiger partial charge in [-0.05, 0) is 50.8 Å². The molecule has 2 rings (SSSR count). The smallest absolute Gasteiger partial charge is 0.257 e. The third kappa shape index (κ3) is 2.95. The first-order chi connectivity index (χ1) is 9.00. The second-order valence-electron chi connectivity index (χ2n) is 5.40. The Bertz CT molecular complexity index is 473. The number of benzene rings is 1. The summed E-state index contributed by atoms with van der Waals surface area (Å²) in [6, 6.07) is 4.67. The Labute approximate surface area is 113 Å². The fourth-order valence-electron chi connectivity index (χ4n) is 2.70. The number of aryl methyl sites for hydroxylation is 1. The van der Waals surface area contributed by atoms with Crippen molar-refractivity contribution in [3.8, 4) is 0 Å². The maximum Gasteiger partial charge on any atom is 0.257 e. The number of piperidine rings is 1. The molecule has 1 amide bonds. The third-order valence-corrected chi connectivity index (χ3v) is 3.77. The second-order valence-corrected chi connectivity index (χ2v) is 5.40. The Morgan fingerprint density at radius 2 is 2.21 bits per heavy atom. The van der Waals surface area contributed by atoms with Gasteiger partial charge in [-0.15, -0.1) is 0 Å². The molecule has 0 aromatic heterocycles. The van der Waals surface area contributed by atoms with E-state index in [2.05, 4.69) is 0 Å². The molecular weight excluding hydrogens is 243 g/mol. The van der Waals surface area contributed by atoms with E-state index in [1.807, 2.05) is 13.8 Å². The van der Waals surface area contributed by atoms with Crippen LogP contribution in [0.4, 0.5) is 4.39 Å². The number of hydrogen-bond acceptors (Lipinski definition) is 2. The van der Waals surface area contributed by atoms with Crippen molar-refractivity contribution in [1.82, 2.24) is 4.90 Å². The van der Waals surface area contributed by atoms with Crippen molar-refractivity contribution >= 4 is 5.91 Å². The average Bonchev–Trinajstić information content (AvgIpc) is 2.38. The minimum Gasteiger partial charge on any atom is -0.334 e. The van der Waals surface area contributed by atoms with Gasteiger partial charge >= 0.3 is 0 Å². The van der Waals surface area contributed by atoms with Gasteiger partial charge in [-0.1, -0.05) is 6.07 Å². The van der Waals surface area contributed by atoms with Gasteiger partial charge in [0, 0.05) is 18.6 Å². The summed E-state index contributed by atoms with van der Waals surface area (Å²) >= 11 is 0. The predicted octanol–water partition coefficient (Wildman–Crippen LogP) is 2.48. The van der Waals surface area contributed by atoms with Gasteiger partial charge in [0.05, 0.1) is 5.56 Å². The molecule has 0 bridgehead atoms. The molecule has 0 unspecified atom stereocenters. The number of nitrogens with two attached hydrogens (primary N) is 1. The van der Waals surface area contributed by atoms with E-state index >= 15 is 0 Å². The molecule has 1 aromatic rings. The van der Waals surface area contributed by atoms with Gasteiger partial charge in [-0.3, -0.25) is 4.79 Å². The molecule has 1 aliphatic rings. The fourth-order valence-corrected chi connectivity index (χ4v) is 2.70. The first kappa shape index (κ1) is 14.0. The molecular formula is C15H21FN2O. The van der Waals surface area contributed by atoms with Crippen LogP contribution in [0.1, 0.15) is 42.1 Å². The van der Waals surface area contributed by atoms with Crippen molar-refractivity contribution in [3.63, 3.8) is 0 Å². The number of hydrogen-bond donors (Lipinski definition) is 1. The van der Waals surface area contributed by atoms with Crippen LogP contribution in [0.3, 0.4) is 0 Å². The predicted molar refractivity (Wildman–Crippen MR) is 73.5 cm³/mol. The monoisotopic (exact) mass is 264 g/mol. The number of amides is 1. The van der Waals surface area contributed by atoms with E-state index in [0.29, 0.717) is 6.54 Å². The minimum atomic E-state index is -0.445. The van der Waals surface area contributed by atoms with E-state index in [0.717, 1.165) is 24.8 Å². The van der Waals surface area contributed by atoms with Crippen molar-refractivity contribution in [3.05, 3.63) is 35.1 Å². The first-order valence-electron chi connectivity index (χ1n) is 6.83. The summed E-state index contributed by atoms with van der Waals surface area (Å²) in [7, 11) is 0. The number of nitrogens with zero attached hydrogens (tertiary/aromatic N) is 1. The van der Waals surface area contributed by atoms with Crippen LogP contribution in [0.2, 0.25) is 0 Å². The highest BCUT2D eigenvalue weighted by molar-refractivity contribution is 5.94. The maximum absolute atomic E-state index is 13.9. The molecule has 0 spiro atoms. The zero-order valence-corrected chi connectivity index (χ0v) is 11.5. The van der Waals surface area contributed by atoms with Gasteiger partial charge in [0.1, 0.15) is 5.82 Å². The Kier molecular flexibility index (Phi) is 4.20. The summed E-state index contributed by atoms with van der Waals surface area (Å²) < 4.78 is 13.9. The first-order valence-corrected chi connectivity index (χ1v) is 6.83. The topological polar surface area (TPSA) is 46.3 Å². The van der Waals surface area contributed by atoms with Gasteiger partial charge in [-0.2, -0.15) is 0 Å². The Balaban J connectivity index is 2.26. The molecule has 0 saturated carbocycles. The lowest BCUT2D eigenvalue weighted by Gasteiger charge is -2.38. The van der Waals surface area contributed by atoms with Crippen LogP contribution in [0.25, 0.3) is 0 Å². The molecule has 1 aromatic carbocycles. The van der Waals surface area contributed by atoms with Crippen LogP contribution < -0.4 is 5.73 Å². The van der Waals surface area contributed by atoms with Crippen molar-refractivity contribution < 1.29 is 9.18 Å². The summed E-state index contributed by atoms with van der Waals surface area (Å²) in [5.41, 5.74) is 6.92. The number of halogens is 1. The van der Waals surface area contributed by atoms with E-state index in [9.17, 15) is 9.18 Å². The normalized spacial score (nSPS) is 21.3. The number of rotatable bonds is 2. The lowest BCUT2D eigenvalue weighted by atomic mass is 9.96. The number of carbonyl (C=O) groups excluding carboxylic acids is 1. The highest BCUT2D eigenvalue weighted by Crippen LogP contribution is 2.22. The third-order valence-electron chi connectivity index (χ3n) is 3.77. The summed E-state index contributed by atoms with van der Waals surface area (Å²) in [6.45, 7) is 4.38. The molecule has 2 atom stereocenters. The summed E-state index contributed by atoms with van der Waals surface area (Å²) in [5.74, 6) is -0.682. The molecule has 3 nitrogen and oxygen atoms in total. The lowest BCUT2D eigenvalue weighted by Crippen LogP contribution is -2.51. The fraction of sp³-hybridized carbons (Fsp3) is 0.533. The highest BCUT2D eigenvalue weighted by Gasteiger charge is 2.30. The molecule has 4 heteroatoms. The van der Waals surface area contributed by atoms with Crippen molar-refractivity contribution in [1.29, 1.82) is 0 Å². The average molecular weight is 264 g/mol. The number of likely N-dealkylation sites (tertiary alicyclic amines) is 1. The quantitative estimate of drug-likeness (QED) is 0.892. The molecule has 1 heterocycles. The van der Waals surface area contributed by atoms with Gasteiger partial charge in [0.25, 0.3) is 5.91 Å². The molecule has 1 aliphatic heterocycles. The Hall–Kier alpha value is -1.42. The molecule has 1 saturated heterocycles. The molecule has 104 valence electrons. The van der Waals surface area contributed by atoms with E-state index in [1.165, 1.54) is 6.07 Å². The van der Waals surface area contributed by atoms with Gasteiger partial charge in [0.2, 0.25) is 0 Å². The van der Waals surface area contributed by atoms with Crippen LogP contribution in [-0.4, -0.2) is 29.4 Å². The summed E-state index contributed by atoms with van der Waals surface area (Å²) in [4.78, 5) is 14.2. The molecule has 19 heavy (non-hydrogen) atoms. The van der Waals surface area contributed by atoms with E-state index in [1.54, 1.807) is 17.0 Å². The van der Waals surface area contributed by atoms with Crippen LogP contribution in [-0.2, 0) is 0 Å². The number of carbonyl (C=O) groups is 1. The van der Waals surface area contributed by atoms with Crippen molar-refractivity contribution in [2.45, 2.75) is 45.2 Å². The van der Waals surface area contributed by atoms with Gasteiger partial charge < -0.3 is 10.6 Å². The van der Waals surface area contributed by atoms with Crippen molar-refractivity contribution in [2.75, 3.05) is 6.54 Å². The van der Waals surface area contributed by atoms with Gasteiger partial charge in [0.15, 0.2) is 0 Å². The zero-order chi connectivity index (χ0) is 14.0. The van der Waals surface area contributed by atoms with Crippen LogP contribution in [0.5, 0.6) is 0 Å². The van der Waals surface area contributed by atoms with Crippen molar-refractivity contribution in [2.24, 2.45) is 5.73 Å². The molecule has 1 fully saturated rings. The SMILES string of the molecule is Cc1ccc(C(=O)N2CCCC[C@H]2[C@H](C)N)c(F)c1. The lowest BCUT2D eigenvalue weighted by molar-refractivity contribution is 0.0579. The zero-order valence-electron chi connectivity index (χ0n) is 11.5. The maximum atomic E-state index is 13.9. The van der Waals surface area contributed by atoms with Crippen LogP contribution in [0.15, 0.2) is 18.2 Å².